The molecule has 0 saturated heterocycles. The van der Waals surface area contributed by atoms with Gasteiger partial charge in [-0.1, -0.05) is 6.92 Å². The maximum absolute atomic E-state index is 12.7. The maximum atomic E-state index is 12.7. The van der Waals surface area contributed by atoms with Crippen LogP contribution in [-0.2, 0) is 14.3 Å². The van der Waals surface area contributed by atoms with Gasteiger partial charge in [-0.3, -0.25) is 0 Å². The van der Waals surface area contributed by atoms with Crippen LogP contribution in [0.1, 0.15) is 13.3 Å². The number of benzene rings is 1. The van der Waals surface area contributed by atoms with Crippen LogP contribution in [0.15, 0.2) is 18.2 Å². The summed E-state index contributed by atoms with van der Waals surface area (Å²) in [5.74, 6) is -4.72. The lowest BCUT2D eigenvalue weighted by atomic mass is 10.3. The van der Waals surface area contributed by atoms with Gasteiger partial charge in [-0.05, 0) is 6.42 Å². The molecule has 1 rings (SSSR count). The van der Waals surface area contributed by atoms with E-state index in [1.54, 1.807) is 6.92 Å². The van der Waals surface area contributed by atoms with Crippen LogP contribution in [0.4, 0.5) is 8.78 Å². The highest BCUT2D eigenvalue weighted by molar-refractivity contribution is 6.30. The Morgan fingerprint density at radius 2 is 1.71 bits per heavy atom. The Morgan fingerprint density at radius 1 is 1.12 bits per heavy atom. The molecule has 0 radical (unpaired) electrons. The third kappa shape index (κ3) is 4.18. The number of carbonyl (C=O) groups is 2. The molecule has 0 aromatic heterocycles. The molecule has 0 bridgehead atoms. The lowest BCUT2D eigenvalue weighted by molar-refractivity contribution is -0.162. The number of halogens is 2. The first-order chi connectivity index (χ1) is 8.02. The van der Waals surface area contributed by atoms with Gasteiger partial charge in [-0.15, -0.1) is 0 Å². The van der Waals surface area contributed by atoms with Crippen LogP contribution in [0.25, 0.3) is 0 Å². The van der Waals surface area contributed by atoms with Crippen LogP contribution in [0.2, 0.25) is 0 Å². The number of carbonyl (C=O) groups excluding carboxylic acids is 2. The summed E-state index contributed by atoms with van der Waals surface area (Å²) < 4.78 is 34.4. The molecular formula is C11H10F2O4. The molecule has 0 unspecified atom stereocenters. The zero-order chi connectivity index (χ0) is 12.8. The predicted molar refractivity (Wildman–Crippen MR) is 53.2 cm³/mol. The van der Waals surface area contributed by atoms with Gasteiger partial charge in [-0.2, -0.15) is 0 Å². The molecule has 0 saturated carbocycles. The zero-order valence-corrected chi connectivity index (χ0v) is 9.04. The lowest BCUT2D eigenvalue weighted by Crippen LogP contribution is -2.23. The fourth-order valence-corrected chi connectivity index (χ4v) is 0.990. The van der Waals surface area contributed by atoms with Crippen LogP contribution >= 0.6 is 0 Å². The Labute approximate surface area is 96.1 Å². The molecule has 0 fully saturated rings. The van der Waals surface area contributed by atoms with Crippen molar-refractivity contribution in [2.75, 3.05) is 6.61 Å². The summed E-state index contributed by atoms with van der Waals surface area (Å²) in [7, 11) is 0. The molecule has 0 heterocycles. The summed E-state index contributed by atoms with van der Waals surface area (Å²) in [6.45, 7) is 1.83. The van der Waals surface area contributed by atoms with Gasteiger partial charge in [0.05, 0.1) is 6.61 Å². The summed E-state index contributed by atoms with van der Waals surface area (Å²) in [4.78, 5) is 22.1. The molecule has 1 aromatic rings. The van der Waals surface area contributed by atoms with Crippen molar-refractivity contribution in [2.45, 2.75) is 13.3 Å². The van der Waals surface area contributed by atoms with Crippen molar-refractivity contribution in [3.63, 3.8) is 0 Å². The van der Waals surface area contributed by atoms with Crippen LogP contribution in [0.3, 0.4) is 0 Å². The van der Waals surface area contributed by atoms with Gasteiger partial charge < -0.3 is 9.47 Å². The van der Waals surface area contributed by atoms with Gasteiger partial charge in [-0.25, -0.2) is 18.4 Å². The zero-order valence-electron chi connectivity index (χ0n) is 9.04. The van der Waals surface area contributed by atoms with Gasteiger partial charge >= 0.3 is 11.9 Å². The number of hydrogen-bond donors (Lipinski definition) is 0. The molecular weight excluding hydrogens is 234 g/mol. The summed E-state index contributed by atoms with van der Waals surface area (Å²) in [6.07, 6.45) is 0.549. The van der Waals surface area contributed by atoms with Crippen LogP contribution in [0.5, 0.6) is 5.75 Å². The van der Waals surface area contributed by atoms with Crippen LogP contribution < -0.4 is 4.74 Å². The van der Waals surface area contributed by atoms with Crippen molar-refractivity contribution in [3.8, 4) is 5.75 Å². The third-order valence-corrected chi connectivity index (χ3v) is 1.65. The molecule has 0 spiro atoms. The van der Waals surface area contributed by atoms with E-state index in [4.69, 9.17) is 0 Å². The number of hydrogen-bond acceptors (Lipinski definition) is 4. The van der Waals surface area contributed by atoms with Crippen molar-refractivity contribution in [1.82, 2.24) is 0 Å². The largest absolute Gasteiger partial charge is 0.457 e. The first-order valence-corrected chi connectivity index (χ1v) is 4.88. The quantitative estimate of drug-likeness (QED) is 0.462. The molecule has 0 aliphatic rings. The summed E-state index contributed by atoms with van der Waals surface area (Å²) in [6, 6.07) is 2.19. The minimum Gasteiger partial charge on any atom is -0.457 e. The Bertz CT molecular complexity index is 411. The third-order valence-electron chi connectivity index (χ3n) is 1.65. The monoisotopic (exact) mass is 244 g/mol. The minimum atomic E-state index is -1.32. The average Bonchev–Trinajstić information content (AvgIpc) is 2.24. The topological polar surface area (TPSA) is 52.6 Å². The van der Waals surface area contributed by atoms with E-state index in [0.29, 0.717) is 12.5 Å². The van der Waals surface area contributed by atoms with E-state index < -0.39 is 23.6 Å². The van der Waals surface area contributed by atoms with Gasteiger partial charge in [0.15, 0.2) is 0 Å². The van der Waals surface area contributed by atoms with E-state index in [2.05, 4.69) is 9.47 Å². The van der Waals surface area contributed by atoms with Crippen molar-refractivity contribution >= 4 is 11.9 Å². The van der Waals surface area contributed by atoms with E-state index in [1.165, 1.54) is 0 Å². The standard InChI is InChI=1S/C11H10F2O4/c1-2-3-16-10(14)11(15)17-9-5-7(12)4-8(13)6-9/h4-6H,2-3H2,1H3. The Balaban J connectivity index is 2.64. The van der Waals surface area contributed by atoms with E-state index in [1.807, 2.05) is 0 Å². The van der Waals surface area contributed by atoms with Gasteiger partial charge in [0, 0.05) is 18.2 Å². The first kappa shape index (κ1) is 13.1. The van der Waals surface area contributed by atoms with E-state index in [0.717, 1.165) is 12.1 Å². The molecule has 0 atom stereocenters. The van der Waals surface area contributed by atoms with Crippen molar-refractivity contribution in [1.29, 1.82) is 0 Å². The van der Waals surface area contributed by atoms with Crippen LogP contribution in [0, 0.1) is 11.6 Å². The number of rotatable bonds is 3. The molecule has 0 amide bonds. The number of esters is 2. The Morgan fingerprint density at radius 3 is 2.24 bits per heavy atom. The van der Waals surface area contributed by atoms with Gasteiger partial charge in [0.1, 0.15) is 17.4 Å². The van der Waals surface area contributed by atoms with Crippen molar-refractivity contribution in [2.24, 2.45) is 0 Å². The summed E-state index contributed by atoms with van der Waals surface area (Å²) in [5, 5.41) is 0. The summed E-state index contributed by atoms with van der Waals surface area (Å²) in [5.41, 5.74) is 0. The van der Waals surface area contributed by atoms with Crippen LogP contribution in [-0.4, -0.2) is 18.5 Å². The maximum Gasteiger partial charge on any atom is 0.422 e. The lowest BCUT2D eigenvalue weighted by Gasteiger charge is -2.04. The fourth-order valence-electron chi connectivity index (χ4n) is 0.990. The fraction of sp³-hybridized carbons (Fsp3) is 0.273. The van der Waals surface area contributed by atoms with Gasteiger partial charge in [0.2, 0.25) is 0 Å². The van der Waals surface area contributed by atoms with E-state index in [-0.39, 0.29) is 12.4 Å². The second-order valence-corrected chi connectivity index (χ2v) is 3.13. The second kappa shape index (κ2) is 5.93. The molecule has 4 nitrogen and oxygen atoms in total. The molecule has 17 heavy (non-hydrogen) atoms. The highest BCUT2D eigenvalue weighted by Crippen LogP contribution is 2.15. The highest BCUT2D eigenvalue weighted by Gasteiger charge is 2.18. The molecule has 0 N–H and O–H groups in total. The average molecular weight is 244 g/mol. The van der Waals surface area contributed by atoms with Gasteiger partial charge in [0.25, 0.3) is 0 Å². The molecule has 92 valence electrons. The molecule has 1 aromatic carbocycles. The smallest absolute Gasteiger partial charge is 0.422 e. The van der Waals surface area contributed by atoms with Crippen molar-refractivity contribution in [3.05, 3.63) is 29.8 Å². The normalized spacial score (nSPS) is 9.82. The highest BCUT2D eigenvalue weighted by atomic mass is 19.1. The first-order valence-electron chi connectivity index (χ1n) is 4.88. The molecule has 0 aliphatic heterocycles. The molecule has 0 aliphatic carbocycles. The minimum absolute atomic E-state index is 0.0748. The van der Waals surface area contributed by atoms with E-state index >= 15 is 0 Å². The number of ether oxygens (including phenoxy) is 2. The Hall–Kier alpha value is -1.98. The van der Waals surface area contributed by atoms with E-state index in [9.17, 15) is 18.4 Å². The second-order valence-electron chi connectivity index (χ2n) is 3.13. The predicted octanol–water partition coefficient (Wildman–Crippen LogP) is 1.82. The molecule has 6 heteroatoms. The SMILES string of the molecule is CCCOC(=O)C(=O)Oc1cc(F)cc(F)c1. The van der Waals surface area contributed by atoms with Crippen molar-refractivity contribution < 1.29 is 27.8 Å². The Kier molecular flexibility index (Phi) is 4.56. The summed E-state index contributed by atoms with van der Waals surface area (Å²) >= 11 is 0.